The van der Waals surface area contributed by atoms with Gasteiger partial charge in [0, 0.05) is 23.9 Å². The van der Waals surface area contributed by atoms with Crippen LogP contribution in [0.1, 0.15) is 11.1 Å². The summed E-state index contributed by atoms with van der Waals surface area (Å²) < 4.78 is 1.81. The lowest BCUT2D eigenvalue weighted by atomic mass is 10.0. The second kappa shape index (κ2) is 5.05. The summed E-state index contributed by atoms with van der Waals surface area (Å²) in [5.41, 5.74) is 11.1. The van der Waals surface area contributed by atoms with Gasteiger partial charge in [-0.1, -0.05) is 30.3 Å². The van der Waals surface area contributed by atoms with Crippen molar-refractivity contribution in [3.05, 3.63) is 53.6 Å². The first kappa shape index (κ1) is 13.4. The summed E-state index contributed by atoms with van der Waals surface area (Å²) >= 11 is 0. The van der Waals surface area contributed by atoms with E-state index in [-0.39, 0.29) is 0 Å². The molecule has 4 heteroatoms. The first-order valence-electron chi connectivity index (χ1n) is 6.90. The summed E-state index contributed by atoms with van der Waals surface area (Å²) in [7, 11) is 1.91. The van der Waals surface area contributed by atoms with Gasteiger partial charge in [0.15, 0.2) is 11.6 Å². The highest BCUT2D eigenvalue weighted by atomic mass is 15.3. The Bertz CT molecular complexity index is 788. The van der Waals surface area contributed by atoms with Gasteiger partial charge in [0.25, 0.3) is 0 Å². The van der Waals surface area contributed by atoms with Gasteiger partial charge < -0.3 is 5.73 Å². The zero-order chi connectivity index (χ0) is 15.0. The molecule has 0 saturated heterocycles. The van der Waals surface area contributed by atoms with E-state index in [1.807, 2.05) is 54.2 Å². The first-order valence-corrected chi connectivity index (χ1v) is 6.90. The van der Waals surface area contributed by atoms with E-state index in [2.05, 4.69) is 23.9 Å². The molecule has 21 heavy (non-hydrogen) atoms. The molecule has 0 atom stereocenters. The minimum absolute atomic E-state index is 0.729. The van der Waals surface area contributed by atoms with Crippen LogP contribution in [-0.2, 0) is 7.05 Å². The molecule has 3 rings (SSSR count). The number of anilines is 1. The average molecular weight is 278 g/mol. The number of nitrogens with two attached hydrogens (primary N) is 1. The third-order valence-corrected chi connectivity index (χ3v) is 3.73. The minimum atomic E-state index is 0.729. The molecule has 106 valence electrons. The molecule has 2 aromatic carbocycles. The van der Waals surface area contributed by atoms with Gasteiger partial charge in [0.05, 0.1) is 0 Å². The number of hydrogen-bond acceptors (Lipinski definition) is 3. The van der Waals surface area contributed by atoms with Gasteiger partial charge in [-0.05, 0) is 37.1 Å². The highest BCUT2D eigenvalue weighted by molar-refractivity contribution is 5.69. The van der Waals surface area contributed by atoms with Crippen LogP contribution in [-0.4, -0.2) is 14.8 Å². The van der Waals surface area contributed by atoms with Crippen LogP contribution in [0, 0.1) is 13.8 Å². The third-order valence-electron chi connectivity index (χ3n) is 3.73. The molecule has 0 radical (unpaired) electrons. The number of nitrogens with zero attached hydrogens (tertiary/aromatic N) is 3. The molecular weight excluding hydrogens is 260 g/mol. The fraction of sp³-hybridized carbons (Fsp3) is 0.176. The van der Waals surface area contributed by atoms with E-state index < -0.39 is 0 Å². The quantitative estimate of drug-likeness (QED) is 0.731. The average Bonchev–Trinajstić information content (AvgIpc) is 2.86. The second-order valence-corrected chi connectivity index (χ2v) is 5.26. The second-order valence-electron chi connectivity index (χ2n) is 5.26. The number of nitrogen functional groups attached to an aromatic ring is 1. The predicted molar refractivity (Wildman–Crippen MR) is 85.8 cm³/mol. The van der Waals surface area contributed by atoms with Gasteiger partial charge in [-0.25, -0.2) is 9.67 Å². The van der Waals surface area contributed by atoms with Crippen molar-refractivity contribution in [2.75, 3.05) is 5.73 Å². The molecule has 0 aliphatic rings. The van der Waals surface area contributed by atoms with Gasteiger partial charge in [-0.15, -0.1) is 0 Å². The predicted octanol–water partition coefficient (Wildman–Crippen LogP) is 3.35. The molecular formula is C17H18N4. The lowest BCUT2D eigenvalue weighted by Gasteiger charge is -2.09. The van der Waals surface area contributed by atoms with E-state index in [9.17, 15) is 0 Å². The molecule has 0 saturated carbocycles. The van der Waals surface area contributed by atoms with Gasteiger partial charge in [-0.2, -0.15) is 5.10 Å². The molecule has 0 aliphatic heterocycles. The molecule has 4 nitrogen and oxygen atoms in total. The van der Waals surface area contributed by atoms with Crippen LogP contribution < -0.4 is 5.73 Å². The normalized spacial score (nSPS) is 10.8. The summed E-state index contributed by atoms with van der Waals surface area (Å²) in [6.07, 6.45) is 0. The number of hydrogen-bond donors (Lipinski definition) is 1. The molecule has 0 bridgehead atoms. The van der Waals surface area contributed by atoms with Gasteiger partial charge >= 0.3 is 0 Å². The molecule has 0 fully saturated rings. The zero-order valence-corrected chi connectivity index (χ0v) is 12.5. The maximum Gasteiger partial charge on any atom is 0.181 e. The molecule has 0 unspecified atom stereocenters. The number of aromatic nitrogens is 3. The Hall–Kier alpha value is -2.62. The number of rotatable bonds is 2. The summed E-state index contributed by atoms with van der Waals surface area (Å²) in [6.45, 7) is 4.14. The Kier molecular flexibility index (Phi) is 3.22. The van der Waals surface area contributed by atoms with Crippen molar-refractivity contribution >= 4 is 5.69 Å². The first-order chi connectivity index (χ1) is 10.1. The molecule has 1 heterocycles. The van der Waals surface area contributed by atoms with E-state index in [1.165, 1.54) is 5.56 Å². The largest absolute Gasteiger partial charge is 0.399 e. The van der Waals surface area contributed by atoms with Gasteiger partial charge in [0.2, 0.25) is 0 Å². The van der Waals surface area contributed by atoms with Crippen LogP contribution in [0.15, 0.2) is 42.5 Å². The fourth-order valence-corrected chi connectivity index (χ4v) is 2.45. The smallest absolute Gasteiger partial charge is 0.181 e. The molecule has 0 amide bonds. The van der Waals surface area contributed by atoms with Crippen molar-refractivity contribution in [3.8, 4) is 22.8 Å². The fourth-order valence-electron chi connectivity index (χ4n) is 2.45. The molecule has 0 spiro atoms. The van der Waals surface area contributed by atoms with Crippen LogP contribution in [0.5, 0.6) is 0 Å². The summed E-state index contributed by atoms with van der Waals surface area (Å²) in [4.78, 5) is 4.69. The maximum atomic E-state index is 5.98. The molecule has 0 aliphatic carbocycles. The Labute approximate surface area is 124 Å². The summed E-state index contributed by atoms with van der Waals surface area (Å²) in [6, 6.07) is 13.9. The monoisotopic (exact) mass is 278 g/mol. The molecule has 3 aromatic rings. The van der Waals surface area contributed by atoms with E-state index in [0.29, 0.717) is 0 Å². The maximum absolute atomic E-state index is 5.98. The lowest BCUT2D eigenvalue weighted by Crippen LogP contribution is -1.99. The van der Waals surface area contributed by atoms with Crippen molar-refractivity contribution < 1.29 is 0 Å². The van der Waals surface area contributed by atoms with Crippen molar-refractivity contribution in [2.45, 2.75) is 13.8 Å². The van der Waals surface area contributed by atoms with Crippen LogP contribution in [0.2, 0.25) is 0 Å². The van der Waals surface area contributed by atoms with E-state index in [4.69, 9.17) is 5.73 Å². The standard InChI is InChI=1S/C17H18N4/c1-11-9-14(18)10-15(12(11)2)17-19-16(20-21(17)3)13-7-5-4-6-8-13/h4-10H,18H2,1-3H3. The Balaban J connectivity index is 2.15. The molecule has 2 N–H and O–H groups in total. The van der Waals surface area contributed by atoms with E-state index in [1.54, 1.807) is 0 Å². The van der Waals surface area contributed by atoms with Gasteiger partial charge in [-0.3, -0.25) is 0 Å². The van der Waals surface area contributed by atoms with Crippen molar-refractivity contribution in [1.29, 1.82) is 0 Å². The van der Waals surface area contributed by atoms with Crippen LogP contribution in [0.4, 0.5) is 5.69 Å². The van der Waals surface area contributed by atoms with Crippen LogP contribution in [0.25, 0.3) is 22.8 Å². The number of benzene rings is 2. The lowest BCUT2D eigenvalue weighted by molar-refractivity contribution is 0.776. The Morgan fingerprint density at radius 1 is 1.05 bits per heavy atom. The molecule has 1 aromatic heterocycles. The van der Waals surface area contributed by atoms with Crippen LogP contribution in [0.3, 0.4) is 0 Å². The van der Waals surface area contributed by atoms with Gasteiger partial charge in [0.1, 0.15) is 0 Å². The van der Waals surface area contributed by atoms with E-state index in [0.717, 1.165) is 34.0 Å². The third kappa shape index (κ3) is 2.40. The van der Waals surface area contributed by atoms with Crippen LogP contribution >= 0.6 is 0 Å². The Morgan fingerprint density at radius 3 is 2.48 bits per heavy atom. The van der Waals surface area contributed by atoms with Crippen molar-refractivity contribution in [2.24, 2.45) is 7.05 Å². The summed E-state index contributed by atoms with van der Waals surface area (Å²) in [5, 5.41) is 4.52. The zero-order valence-electron chi connectivity index (χ0n) is 12.5. The Morgan fingerprint density at radius 2 is 1.76 bits per heavy atom. The van der Waals surface area contributed by atoms with Crippen molar-refractivity contribution in [3.63, 3.8) is 0 Å². The van der Waals surface area contributed by atoms with Crippen molar-refractivity contribution in [1.82, 2.24) is 14.8 Å². The highest BCUT2D eigenvalue weighted by Crippen LogP contribution is 2.28. The topological polar surface area (TPSA) is 56.7 Å². The SMILES string of the molecule is Cc1cc(N)cc(-c2nc(-c3ccccc3)nn2C)c1C. The minimum Gasteiger partial charge on any atom is -0.399 e. The van der Waals surface area contributed by atoms with E-state index >= 15 is 0 Å². The number of aryl methyl sites for hydroxylation is 2. The highest BCUT2D eigenvalue weighted by Gasteiger charge is 2.14. The summed E-state index contributed by atoms with van der Waals surface area (Å²) in [5.74, 6) is 1.56.